The van der Waals surface area contributed by atoms with Crippen molar-refractivity contribution in [2.24, 2.45) is 10.4 Å². The molecule has 244 valence electrons. The molecule has 2 N–H and O–H groups in total. The minimum absolute atomic E-state index is 0.00721. The van der Waals surface area contributed by atoms with Gasteiger partial charge in [-0.2, -0.15) is 5.06 Å². The molecular formula is C29H33ClF3N5O7. The number of aromatic nitrogens is 1. The van der Waals surface area contributed by atoms with E-state index in [9.17, 15) is 19.1 Å². The van der Waals surface area contributed by atoms with Gasteiger partial charge in [-0.15, -0.1) is 0 Å². The number of hydroxylamine groups is 2. The fourth-order valence-electron chi connectivity index (χ4n) is 5.93. The summed E-state index contributed by atoms with van der Waals surface area (Å²) in [7, 11) is 2.49. The summed E-state index contributed by atoms with van der Waals surface area (Å²) in [4.78, 5) is 41.2. The van der Waals surface area contributed by atoms with Gasteiger partial charge in [0.05, 0.1) is 49.9 Å². The van der Waals surface area contributed by atoms with Gasteiger partial charge >= 0.3 is 11.9 Å². The number of hydrogen-bond acceptors (Lipinski definition) is 11. The summed E-state index contributed by atoms with van der Waals surface area (Å²) >= 11 is 6.41. The number of carboxylic acids is 1. The highest BCUT2D eigenvalue weighted by molar-refractivity contribution is 6.31. The number of nitrogens with zero attached hydrogens (tertiary/aromatic N) is 4. The SMILES string of the molecule is COC(=O)C1=C(CN2CC(F)(F)[C@H]3[C@@H]2CON3C[C@@H](OC)C(C)(C)C(=O)O)NC(c2ncoc2C)=N[C@H]1c1ccc(F)cc1Cl. The summed E-state index contributed by atoms with van der Waals surface area (Å²) in [5.74, 6) is -5.25. The van der Waals surface area contributed by atoms with Crippen molar-refractivity contribution < 1.29 is 46.6 Å². The zero-order chi connectivity index (χ0) is 32.8. The van der Waals surface area contributed by atoms with Crippen LogP contribution in [0.1, 0.15) is 36.9 Å². The zero-order valence-corrected chi connectivity index (χ0v) is 25.9. The Morgan fingerprint density at radius 1 is 1.31 bits per heavy atom. The molecule has 12 nitrogen and oxygen atoms in total. The van der Waals surface area contributed by atoms with E-state index >= 15 is 8.78 Å². The van der Waals surface area contributed by atoms with Crippen LogP contribution in [0.15, 0.2) is 45.3 Å². The Balaban J connectivity index is 1.51. The fraction of sp³-hybridized carbons (Fsp3) is 0.517. The highest BCUT2D eigenvalue weighted by atomic mass is 35.5. The highest BCUT2D eigenvalue weighted by Crippen LogP contribution is 2.43. The molecule has 1 aromatic carbocycles. The first-order chi connectivity index (χ1) is 21.2. The van der Waals surface area contributed by atoms with Gasteiger partial charge in [-0.3, -0.25) is 19.5 Å². The predicted molar refractivity (Wildman–Crippen MR) is 153 cm³/mol. The zero-order valence-electron chi connectivity index (χ0n) is 25.1. The highest BCUT2D eigenvalue weighted by Gasteiger charge is 2.61. The van der Waals surface area contributed by atoms with Crippen LogP contribution in [0.25, 0.3) is 0 Å². The van der Waals surface area contributed by atoms with Gasteiger partial charge < -0.3 is 24.3 Å². The third-order valence-electron chi connectivity index (χ3n) is 8.51. The maximum Gasteiger partial charge on any atom is 0.338 e. The van der Waals surface area contributed by atoms with Crippen molar-refractivity contribution in [3.05, 3.63) is 63.7 Å². The van der Waals surface area contributed by atoms with E-state index in [2.05, 4.69) is 15.3 Å². The van der Waals surface area contributed by atoms with E-state index in [0.29, 0.717) is 11.5 Å². The normalized spacial score (nSPS) is 24.3. The quantitative estimate of drug-likeness (QED) is 0.365. The number of carbonyl (C=O) groups is 2. The van der Waals surface area contributed by atoms with Gasteiger partial charge in [0.25, 0.3) is 5.92 Å². The van der Waals surface area contributed by atoms with Crippen LogP contribution in [-0.4, -0.2) is 102 Å². The molecule has 4 heterocycles. The summed E-state index contributed by atoms with van der Waals surface area (Å²) in [5, 5.41) is 13.8. The standard InChI is InChI=1S/C29H33ClF3N5O7/c1-14-22(34-13-44-14)25-35-18(21(26(39)43-5)23(36-25)16-7-6-15(31)8-17(16)30)9-37-12-29(32,33)24-19(37)11-45-38(24)10-20(42-4)28(2,3)27(40)41/h6-8,13,19-20,23-24H,9-12H2,1-5H3,(H,35,36)(H,40,41)/t19-,20+,23-,24+/m0/s1. The molecule has 16 heteroatoms. The second-order valence-electron chi connectivity index (χ2n) is 11.6. The van der Waals surface area contributed by atoms with Crippen molar-refractivity contribution in [2.75, 3.05) is 40.5 Å². The number of carboxylic acid groups (broad SMARTS) is 1. The minimum atomic E-state index is -3.28. The Kier molecular flexibility index (Phi) is 9.03. The number of hydrogen-bond donors (Lipinski definition) is 2. The van der Waals surface area contributed by atoms with Crippen LogP contribution in [0, 0.1) is 18.2 Å². The maximum atomic E-state index is 15.7. The Hall–Kier alpha value is -3.50. The molecule has 5 rings (SSSR count). The average molecular weight is 656 g/mol. The van der Waals surface area contributed by atoms with Crippen LogP contribution in [0.3, 0.4) is 0 Å². The molecule has 3 aliphatic rings. The van der Waals surface area contributed by atoms with Gasteiger partial charge in [0.2, 0.25) is 0 Å². The third-order valence-corrected chi connectivity index (χ3v) is 8.83. The van der Waals surface area contributed by atoms with E-state index in [4.69, 9.17) is 30.3 Å². The number of methoxy groups -OCH3 is 2. The topological polar surface area (TPSA) is 139 Å². The Morgan fingerprint density at radius 3 is 2.64 bits per heavy atom. The van der Waals surface area contributed by atoms with Crippen molar-refractivity contribution in [1.29, 1.82) is 0 Å². The number of likely N-dealkylation sites (tertiary alicyclic amines) is 1. The molecule has 0 bridgehead atoms. The first-order valence-electron chi connectivity index (χ1n) is 14.0. The number of halogens is 4. The third kappa shape index (κ3) is 6.06. The van der Waals surface area contributed by atoms with E-state index in [1.807, 2.05) is 0 Å². The molecule has 2 fully saturated rings. The maximum absolute atomic E-state index is 15.7. The molecule has 0 saturated carbocycles. The number of aliphatic carboxylic acids is 1. The number of amidine groups is 1. The summed E-state index contributed by atoms with van der Waals surface area (Å²) in [6.45, 7) is 3.32. The average Bonchev–Trinajstić information content (AvgIpc) is 3.67. The lowest BCUT2D eigenvalue weighted by Gasteiger charge is -2.34. The lowest BCUT2D eigenvalue weighted by Crippen LogP contribution is -2.51. The van der Waals surface area contributed by atoms with Gasteiger partial charge in [0, 0.05) is 29.9 Å². The summed E-state index contributed by atoms with van der Waals surface area (Å²) in [5.41, 5.74) is -0.617. The van der Waals surface area contributed by atoms with Crippen LogP contribution in [0.5, 0.6) is 0 Å². The Morgan fingerprint density at radius 2 is 2.04 bits per heavy atom. The number of esters is 1. The molecule has 2 saturated heterocycles. The molecule has 2 aromatic rings. The Labute approximate surface area is 261 Å². The van der Waals surface area contributed by atoms with E-state index in [0.717, 1.165) is 11.1 Å². The number of nitrogens with one attached hydrogen (secondary N) is 1. The van der Waals surface area contributed by atoms with Crippen molar-refractivity contribution >= 4 is 29.4 Å². The molecule has 0 aliphatic carbocycles. The molecular weight excluding hydrogens is 623 g/mol. The number of fused-ring (bicyclic) bond motifs is 1. The molecule has 0 spiro atoms. The summed E-state index contributed by atoms with van der Waals surface area (Å²) in [6, 6.07) is 0.256. The van der Waals surface area contributed by atoms with Gasteiger partial charge in [0.15, 0.2) is 12.2 Å². The van der Waals surface area contributed by atoms with Crippen molar-refractivity contribution in [2.45, 2.75) is 50.9 Å². The second kappa shape index (κ2) is 12.4. The van der Waals surface area contributed by atoms with Gasteiger partial charge in [0.1, 0.15) is 29.4 Å². The van der Waals surface area contributed by atoms with Crippen LogP contribution in [0.2, 0.25) is 5.02 Å². The largest absolute Gasteiger partial charge is 0.481 e. The molecule has 0 amide bonds. The number of oxazole rings is 1. The lowest BCUT2D eigenvalue weighted by molar-refractivity contribution is -0.205. The van der Waals surface area contributed by atoms with Crippen LogP contribution in [0.4, 0.5) is 13.2 Å². The number of benzene rings is 1. The van der Waals surface area contributed by atoms with Crippen LogP contribution < -0.4 is 5.32 Å². The monoisotopic (exact) mass is 655 g/mol. The molecule has 1 aromatic heterocycles. The molecule has 45 heavy (non-hydrogen) atoms. The molecule has 3 aliphatic heterocycles. The van der Waals surface area contributed by atoms with E-state index in [1.54, 1.807) is 6.92 Å². The lowest BCUT2D eigenvalue weighted by atomic mass is 9.86. The van der Waals surface area contributed by atoms with E-state index in [1.165, 1.54) is 51.5 Å². The number of alkyl halides is 2. The summed E-state index contributed by atoms with van der Waals surface area (Å²) in [6.07, 6.45) is 0.251. The van der Waals surface area contributed by atoms with Crippen molar-refractivity contribution in [1.82, 2.24) is 20.3 Å². The minimum Gasteiger partial charge on any atom is -0.481 e. The first kappa shape index (κ1) is 32.9. The smallest absolute Gasteiger partial charge is 0.338 e. The van der Waals surface area contributed by atoms with Crippen LogP contribution >= 0.6 is 11.6 Å². The molecule has 4 atom stereocenters. The molecule has 0 unspecified atom stereocenters. The second-order valence-corrected chi connectivity index (χ2v) is 12.0. The summed E-state index contributed by atoms with van der Waals surface area (Å²) < 4.78 is 61.2. The van der Waals surface area contributed by atoms with Gasteiger partial charge in [-0.1, -0.05) is 17.7 Å². The number of carbonyl (C=O) groups excluding carboxylic acids is 1. The van der Waals surface area contributed by atoms with Gasteiger partial charge in [-0.05, 0) is 32.9 Å². The van der Waals surface area contributed by atoms with E-state index in [-0.39, 0.29) is 47.4 Å². The first-order valence-corrected chi connectivity index (χ1v) is 14.4. The van der Waals surface area contributed by atoms with Crippen molar-refractivity contribution in [3.8, 4) is 0 Å². The van der Waals surface area contributed by atoms with Crippen LogP contribution in [-0.2, 0) is 23.9 Å². The number of ether oxygens (including phenoxy) is 2. The van der Waals surface area contributed by atoms with Crippen molar-refractivity contribution in [3.63, 3.8) is 0 Å². The molecule has 0 radical (unpaired) electrons. The van der Waals surface area contributed by atoms with E-state index < -0.39 is 59.9 Å². The fourth-order valence-corrected chi connectivity index (χ4v) is 6.20. The number of aryl methyl sites for hydroxylation is 1. The number of aliphatic imine (C=N–C) groups is 1. The van der Waals surface area contributed by atoms with Gasteiger partial charge in [-0.25, -0.2) is 22.9 Å². The predicted octanol–water partition coefficient (Wildman–Crippen LogP) is 3.35. The number of rotatable bonds is 10. The Bertz CT molecular complexity index is 1550.